The topological polar surface area (TPSA) is 62.9 Å². The Balaban J connectivity index is 1.77. The lowest BCUT2D eigenvalue weighted by atomic mass is 10.0. The maximum atomic E-state index is 6.30. The zero-order valence-electron chi connectivity index (χ0n) is 11.6. The third-order valence-corrected chi connectivity index (χ3v) is 3.92. The van der Waals surface area contributed by atoms with Crippen LogP contribution in [0.15, 0.2) is 0 Å². The molecule has 0 spiro atoms. The van der Waals surface area contributed by atoms with Gasteiger partial charge in [0.05, 0.1) is 6.61 Å². The molecule has 1 saturated carbocycles. The van der Waals surface area contributed by atoms with Gasteiger partial charge in [-0.3, -0.25) is 0 Å². The Kier molecular flexibility index (Phi) is 2.61. The average molecular weight is 257 g/mol. The maximum absolute atomic E-state index is 6.30. The van der Waals surface area contributed by atoms with Gasteiger partial charge in [-0.1, -0.05) is 0 Å². The first-order chi connectivity index (χ1) is 8.21. The summed E-state index contributed by atoms with van der Waals surface area (Å²) >= 11 is 0. The third-order valence-electron chi connectivity index (χ3n) is 3.92. The van der Waals surface area contributed by atoms with Crippen LogP contribution in [0.3, 0.4) is 0 Å². The summed E-state index contributed by atoms with van der Waals surface area (Å²) in [7, 11) is 0. The minimum absolute atomic E-state index is 0.102. The number of ether oxygens (including phenoxy) is 4. The van der Waals surface area contributed by atoms with Gasteiger partial charge in [0.2, 0.25) is 0 Å². The number of hydrogen-bond acceptors (Lipinski definition) is 5. The van der Waals surface area contributed by atoms with Crippen molar-refractivity contribution in [3.8, 4) is 0 Å². The van der Waals surface area contributed by atoms with E-state index in [-0.39, 0.29) is 23.9 Å². The first-order valence-electron chi connectivity index (χ1n) is 6.67. The van der Waals surface area contributed by atoms with Crippen molar-refractivity contribution in [1.29, 1.82) is 0 Å². The molecule has 0 aromatic rings. The van der Waals surface area contributed by atoms with E-state index in [1.807, 2.05) is 27.7 Å². The number of nitrogens with two attached hydrogens (primary N) is 1. The fourth-order valence-electron chi connectivity index (χ4n) is 2.81. The molecule has 0 bridgehead atoms. The zero-order valence-corrected chi connectivity index (χ0v) is 11.6. The predicted molar refractivity (Wildman–Crippen MR) is 64.9 cm³/mol. The van der Waals surface area contributed by atoms with Crippen LogP contribution in [0, 0.1) is 0 Å². The van der Waals surface area contributed by atoms with Crippen molar-refractivity contribution in [3.05, 3.63) is 0 Å². The van der Waals surface area contributed by atoms with Gasteiger partial charge in [0.25, 0.3) is 0 Å². The molecule has 18 heavy (non-hydrogen) atoms. The van der Waals surface area contributed by atoms with Crippen molar-refractivity contribution in [2.24, 2.45) is 5.73 Å². The van der Waals surface area contributed by atoms with Crippen LogP contribution in [0.1, 0.15) is 40.5 Å². The normalized spacial score (nSPS) is 44.2. The van der Waals surface area contributed by atoms with E-state index in [0.717, 1.165) is 12.8 Å². The van der Waals surface area contributed by atoms with Crippen molar-refractivity contribution < 1.29 is 18.9 Å². The SMILES string of the molecule is CC1(C)O[C@@H]([C@H]2COC(C)(C)O2)[C@H](C2(N)CC2)O1. The van der Waals surface area contributed by atoms with E-state index >= 15 is 0 Å². The molecule has 0 aromatic heterocycles. The van der Waals surface area contributed by atoms with Crippen LogP contribution in [-0.4, -0.2) is 42.0 Å². The molecule has 2 heterocycles. The van der Waals surface area contributed by atoms with Crippen LogP contribution < -0.4 is 5.73 Å². The molecule has 5 nitrogen and oxygen atoms in total. The molecule has 2 saturated heterocycles. The Hall–Kier alpha value is -0.200. The Labute approximate surface area is 108 Å². The van der Waals surface area contributed by atoms with Crippen LogP contribution in [0.25, 0.3) is 0 Å². The van der Waals surface area contributed by atoms with Crippen LogP contribution in [-0.2, 0) is 18.9 Å². The first kappa shape index (κ1) is 12.8. The third kappa shape index (κ3) is 2.18. The maximum Gasteiger partial charge on any atom is 0.163 e. The Morgan fingerprint density at radius 3 is 2.11 bits per heavy atom. The lowest BCUT2D eigenvalue weighted by Crippen LogP contribution is -2.49. The molecule has 0 unspecified atom stereocenters. The monoisotopic (exact) mass is 257 g/mol. The molecule has 3 atom stereocenters. The molecule has 5 heteroatoms. The molecular weight excluding hydrogens is 234 g/mol. The van der Waals surface area contributed by atoms with Gasteiger partial charge in [-0.05, 0) is 40.5 Å². The molecule has 2 aliphatic heterocycles. The van der Waals surface area contributed by atoms with Crippen molar-refractivity contribution in [2.75, 3.05) is 6.61 Å². The summed E-state index contributed by atoms with van der Waals surface area (Å²) < 4.78 is 23.5. The molecule has 3 aliphatic rings. The molecule has 2 N–H and O–H groups in total. The van der Waals surface area contributed by atoms with E-state index in [1.54, 1.807) is 0 Å². The smallest absolute Gasteiger partial charge is 0.163 e. The van der Waals surface area contributed by atoms with Gasteiger partial charge in [0, 0.05) is 5.54 Å². The number of hydrogen-bond donors (Lipinski definition) is 1. The Bertz CT molecular complexity index is 351. The van der Waals surface area contributed by atoms with Crippen LogP contribution in [0.4, 0.5) is 0 Å². The fourth-order valence-corrected chi connectivity index (χ4v) is 2.81. The molecular formula is C13H23NO4. The molecule has 3 fully saturated rings. The molecule has 0 aromatic carbocycles. The summed E-state index contributed by atoms with van der Waals surface area (Å²) in [6, 6.07) is 0. The van der Waals surface area contributed by atoms with Crippen molar-refractivity contribution >= 4 is 0 Å². The van der Waals surface area contributed by atoms with Crippen molar-refractivity contribution in [2.45, 2.75) is 76.0 Å². The van der Waals surface area contributed by atoms with E-state index in [9.17, 15) is 0 Å². The van der Waals surface area contributed by atoms with Crippen LogP contribution in [0.2, 0.25) is 0 Å². The van der Waals surface area contributed by atoms with Crippen molar-refractivity contribution in [1.82, 2.24) is 0 Å². The van der Waals surface area contributed by atoms with Gasteiger partial charge in [0.1, 0.15) is 18.3 Å². The lowest BCUT2D eigenvalue weighted by Gasteiger charge is -2.26. The van der Waals surface area contributed by atoms with Gasteiger partial charge in [-0.15, -0.1) is 0 Å². The second-order valence-electron chi connectivity index (χ2n) is 6.62. The standard InChI is InChI=1S/C13H23NO4/c1-11(2)15-7-8(16-11)9-10(13(14)5-6-13)18-12(3,4)17-9/h8-10H,5-7,14H2,1-4H3/t8-,9+,10-/m1/s1. The van der Waals surface area contributed by atoms with E-state index in [2.05, 4.69) is 0 Å². The van der Waals surface area contributed by atoms with E-state index in [0.29, 0.717) is 6.61 Å². The molecule has 0 radical (unpaired) electrons. The van der Waals surface area contributed by atoms with Gasteiger partial charge in [-0.25, -0.2) is 0 Å². The molecule has 104 valence electrons. The van der Waals surface area contributed by atoms with E-state index in [1.165, 1.54) is 0 Å². The first-order valence-corrected chi connectivity index (χ1v) is 6.67. The highest BCUT2D eigenvalue weighted by atomic mass is 16.8. The van der Waals surface area contributed by atoms with E-state index in [4.69, 9.17) is 24.7 Å². The second kappa shape index (κ2) is 3.67. The summed E-state index contributed by atoms with van der Waals surface area (Å²) in [5.41, 5.74) is 6.06. The van der Waals surface area contributed by atoms with Crippen LogP contribution >= 0.6 is 0 Å². The quantitative estimate of drug-likeness (QED) is 0.804. The molecule has 3 rings (SSSR count). The van der Waals surface area contributed by atoms with Gasteiger partial charge in [-0.2, -0.15) is 0 Å². The highest BCUT2D eigenvalue weighted by molar-refractivity contribution is 5.11. The van der Waals surface area contributed by atoms with Gasteiger partial charge < -0.3 is 24.7 Å². The molecule has 1 aliphatic carbocycles. The summed E-state index contributed by atoms with van der Waals surface area (Å²) in [4.78, 5) is 0. The minimum Gasteiger partial charge on any atom is -0.348 e. The minimum atomic E-state index is -0.597. The largest absolute Gasteiger partial charge is 0.348 e. The van der Waals surface area contributed by atoms with Crippen LogP contribution in [0.5, 0.6) is 0 Å². The second-order valence-corrected chi connectivity index (χ2v) is 6.62. The van der Waals surface area contributed by atoms with Gasteiger partial charge >= 0.3 is 0 Å². The van der Waals surface area contributed by atoms with Gasteiger partial charge in [0.15, 0.2) is 11.6 Å². The molecule has 0 amide bonds. The lowest BCUT2D eigenvalue weighted by molar-refractivity contribution is -0.175. The summed E-state index contributed by atoms with van der Waals surface area (Å²) in [6.07, 6.45) is 1.63. The Morgan fingerprint density at radius 2 is 1.61 bits per heavy atom. The van der Waals surface area contributed by atoms with E-state index < -0.39 is 11.6 Å². The Morgan fingerprint density at radius 1 is 0.944 bits per heavy atom. The van der Waals surface area contributed by atoms with Crippen molar-refractivity contribution in [3.63, 3.8) is 0 Å². The highest BCUT2D eigenvalue weighted by Gasteiger charge is 2.60. The average Bonchev–Trinajstić information content (AvgIpc) is 2.73. The predicted octanol–water partition coefficient (Wildman–Crippen LogP) is 1.15. The summed E-state index contributed by atoms with van der Waals surface area (Å²) in [5.74, 6) is -1.14. The summed E-state index contributed by atoms with van der Waals surface area (Å²) in [5, 5.41) is 0. The highest BCUT2D eigenvalue weighted by Crippen LogP contribution is 2.47. The fraction of sp³-hybridized carbons (Fsp3) is 1.00. The summed E-state index contributed by atoms with van der Waals surface area (Å²) in [6.45, 7) is 8.21. The zero-order chi connectivity index (χ0) is 13.2. The number of rotatable bonds is 2.